The molecule has 0 spiro atoms. The Morgan fingerprint density at radius 2 is 1.67 bits per heavy atom. The van der Waals surface area contributed by atoms with E-state index >= 15 is 0 Å². The molecular weight excluding hydrogens is 362 g/mol. The number of nitrogens with one attached hydrogen (secondary N) is 2. The maximum atomic E-state index is 12.5. The summed E-state index contributed by atoms with van der Waals surface area (Å²) in [5.74, 6) is 1.26. The van der Waals surface area contributed by atoms with Crippen LogP contribution < -0.4 is 14.8 Å². The molecule has 1 heterocycles. The van der Waals surface area contributed by atoms with Gasteiger partial charge in [-0.2, -0.15) is 0 Å². The summed E-state index contributed by atoms with van der Waals surface area (Å²) in [6.07, 6.45) is 1.49. The van der Waals surface area contributed by atoms with E-state index in [1.54, 1.807) is 24.3 Å². The molecule has 6 nitrogen and oxygen atoms in total. The van der Waals surface area contributed by atoms with E-state index < -0.39 is 10.0 Å². The predicted octanol–water partition coefficient (Wildman–Crippen LogP) is 4.06. The third kappa shape index (κ3) is 4.77. The summed E-state index contributed by atoms with van der Waals surface area (Å²) in [6.45, 7) is 2.04. The van der Waals surface area contributed by atoms with Gasteiger partial charge in [-0.05, 0) is 48.9 Å². The summed E-state index contributed by atoms with van der Waals surface area (Å²) in [7, 11) is -2.15. The largest absolute Gasteiger partial charge is 0.497 e. The van der Waals surface area contributed by atoms with E-state index in [2.05, 4.69) is 15.0 Å². The van der Waals surface area contributed by atoms with Crippen LogP contribution in [0.2, 0.25) is 0 Å². The van der Waals surface area contributed by atoms with Gasteiger partial charge in [-0.1, -0.05) is 30.3 Å². The Morgan fingerprint density at radius 3 is 2.26 bits per heavy atom. The Kier molecular flexibility index (Phi) is 5.61. The molecule has 1 aromatic heterocycles. The smallest absolute Gasteiger partial charge is 0.261 e. The fourth-order valence-electron chi connectivity index (χ4n) is 2.56. The lowest BCUT2D eigenvalue weighted by atomic mass is 10.1. The maximum absolute atomic E-state index is 12.5. The molecule has 1 atom stereocenters. The fourth-order valence-corrected chi connectivity index (χ4v) is 3.60. The van der Waals surface area contributed by atoms with E-state index in [1.165, 1.54) is 25.4 Å². The average Bonchev–Trinajstić information content (AvgIpc) is 2.70. The lowest BCUT2D eigenvalue weighted by molar-refractivity contribution is 0.414. The average molecular weight is 383 g/mol. The van der Waals surface area contributed by atoms with Crippen LogP contribution in [0.25, 0.3) is 0 Å². The molecule has 0 aliphatic heterocycles. The molecule has 0 fully saturated rings. The van der Waals surface area contributed by atoms with Crippen LogP contribution >= 0.6 is 0 Å². The van der Waals surface area contributed by atoms with E-state index in [0.29, 0.717) is 17.3 Å². The molecule has 3 rings (SSSR count). The molecule has 1 unspecified atom stereocenters. The van der Waals surface area contributed by atoms with Crippen LogP contribution in [0.5, 0.6) is 5.75 Å². The van der Waals surface area contributed by atoms with E-state index in [1.807, 2.05) is 37.3 Å². The first-order valence-electron chi connectivity index (χ1n) is 8.42. The quantitative estimate of drug-likeness (QED) is 0.643. The molecule has 3 aromatic rings. The number of hydrogen-bond donors (Lipinski definition) is 2. The van der Waals surface area contributed by atoms with Crippen molar-refractivity contribution in [1.82, 2.24) is 4.98 Å². The Bertz CT molecular complexity index is 973. The van der Waals surface area contributed by atoms with Gasteiger partial charge in [-0.3, -0.25) is 4.72 Å². The van der Waals surface area contributed by atoms with Crippen molar-refractivity contribution in [2.45, 2.75) is 17.9 Å². The minimum atomic E-state index is -3.68. The number of anilines is 2. The maximum Gasteiger partial charge on any atom is 0.261 e. The molecule has 0 saturated heterocycles. The van der Waals surface area contributed by atoms with Crippen molar-refractivity contribution < 1.29 is 13.2 Å². The van der Waals surface area contributed by atoms with E-state index in [0.717, 1.165) is 5.56 Å². The van der Waals surface area contributed by atoms with E-state index in [-0.39, 0.29) is 10.9 Å². The monoisotopic (exact) mass is 383 g/mol. The first kappa shape index (κ1) is 18.7. The molecule has 140 valence electrons. The second-order valence-corrected chi connectivity index (χ2v) is 7.67. The van der Waals surface area contributed by atoms with Crippen LogP contribution in [0.3, 0.4) is 0 Å². The number of benzene rings is 2. The minimum absolute atomic E-state index is 0.0838. The zero-order chi connectivity index (χ0) is 19.3. The van der Waals surface area contributed by atoms with Crippen LogP contribution in [-0.4, -0.2) is 20.5 Å². The summed E-state index contributed by atoms with van der Waals surface area (Å²) in [5, 5.41) is 3.29. The van der Waals surface area contributed by atoms with Crippen molar-refractivity contribution in [3.05, 3.63) is 78.5 Å². The number of sulfonamides is 1. The molecule has 0 saturated carbocycles. The Balaban J connectivity index is 1.67. The molecule has 0 radical (unpaired) electrons. The van der Waals surface area contributed by atoms with Gasteiger partial charge in [0, 0.05) is 6.04 Å². The first-order chi connectivity index (χ1) is 13.0. The molecule has 0 aliphatic rings. The number of aromatic nitrogens is 1. The molecule has 27 heavy (non-hydrogen) atoms. The summed E-state index contributed by atoms with van der Waals surface area (Å²) in [4.78, 5) is 4.45. The number of hydrogen-bond acceptors (Lipinski definition) is 5. The summed E-state index contributed by atoms with van der Waals surface area (Å²) in [6, 6.07) is 19.7. The fraction of sp³-hybridized carbons (Fsp3) is 0.150. The Morgan fingerprint density at radius 1 is 0.963 bits per heavy atom. The topological polar surface area (TPSA) is 80.3 Å². The molecule has 2 aromatic carbocycles. The van der Waals surface area contributed by atoms with E-state index in [4.69, 9.17) is 4.74 Å². The van der Waals surface area contributed by atoms with Crippen LogP contribution in [-0.2, 0) is 10.0 Å². The number of nitrogens with zero attached hydrogens (tertiary/aromatic N) is 1. The van der Waals surface area contributed by atoms with Gasteiger partial charge in [0.15, 0.2) is 0 Å². The van der Waals surface area contributed by atoms with Gasteiger partial charge in [0.1, 0.15) is 11.6 Å². The number of ether oxygens (including phenoxy) is 1. The predicted molar refractivity (Wildman–Crippen MR) is 107 cm³/mol. The second-order valence-electron chi connectivity index (χ2n) is 5.99. The van der Waals surface area contributed by atoms with Gasteiger partial charge in [0.2, 0.25) is 0 Å². The van der Waals surface area contributed by atoms with Crippen LogP contribution in [0.15, 0.2) is 77.8 Å². The van der Waals surface area contributed by atoms with Gasteiger partial charge >= 0.3 is 0 Å². The lowest BCUT2D eigenvalue weighted by Crippen LogP contribution is -2.13. The van der Waals surface area contributed by atoms with Crippen molar-refractivity contribution in [1.29, 1.82) is 0 Å². The highest BCUT2D eigenvalue weighted by molar-refractivity contribution is 7.92. The van der Waals surface area contributed by atoms with Gasteiger partial charge in [-0.15, -0.1) is 0 Å². The minimum Gasteiger partial charge on any atom is -0.497 e. The van der Waals surface area contributed by atoms with Gasteiger partial charge in [-0.25, -0.2) is 13.4 Å². The standard InChI is InChI=1S/C20H21N3O3S/c1-15(16-6-4-3-5-7-16)22-20-13-8-17(14-21-20)23-27(24,25)19-11-9-18(26-2)10-12-19/h3-15,23H,1-2H3,(H,21,22). The number of pyridine rings is 1. The molecule has 0 amide bonds. The van der Waals surface area contributed by atoms with Crippen LogP contribution in [0.1, 0.15) is 18.5 Å². The number of methoxy groups -OCH3 is 1. The third-order valence-corrected chi connectivity index (χ3v) is 5.45. The first-order valence-corrected chi connectivity index (χ1v) is 9.91. The highest BCUT2D eigenvalue weighted by Gasteiger charge is 2.14. The van der Waals surface area contributed by atoms with Gasteiger partial charge < -0.3 is 10.1 Å². The van der Waals surface area contributed by atoms with Crippen molar-refractivity contribution in [2.75, 3.05) is 17.1 Å². The summed E-state index contributed by atoms with van der Waals surface area (Å²) < 4.78 is 32.5. The zero-order valence-corrected chi connectivity index (χ0v) is 15.9. The SMILES string of the molecule is COc1ccc(S(=O)(=O)Nc2ccc(NC(C)c3ccccc3)nc2)cc1. The van der Waals surface area contributed by atoms with Gasteiger partial charge in [0.05, 0.1) is 23.9 Å². The van der Waals surface area contributed by atoms with Crippen molar-refractivity contribution in [3.8, 4) is 5.75 Å². The molecule has 0 aliphatic carbocycles. The van der Waals surface area contributed by atoms with Crippen molar-refractivity contribution >= 4 is 21.5 Å². The molecule has 7 heteroatoms. The molecule has 2 N–H and O–H groups in total. The zero-order valence-electron chi connectivity index (χ0n) is 15.1. The van der Waals surface area contributed by atoms with Crippen molar-refractivity contribution in [3.63, 3.8) is 0 Å². The highest BCUT2D eigenvalue weighted by atomic mass is 32.2. The summed E-state index contributed by atoms with van der Waals surface area (Å²) in [5.41, 5.74) is 1.53. The third-order valence-electron chi connectivity index (χ3n) is 4.05. The second kappa shape index (κ2) is 8.09. The normalized spacial score (nSPS) is 12.2. The van der Waals surface area contributed by atoms with Crippen molar-refractivity contribution in [2.24, 2.45) is 0 Å². The Labute approximate surface area is 159 Å². The highest BCUT2D eigenvalue weighted by Crippen LogP contribution is 2.21. The Hall–Kier alpha value is -3.06. The molecule has 0 bridgehead atoms. The summed E-state index contributed by atoms with van der Waals surface area (Å²) >= 11 is 0. The van der Waals surface area contributed by atoms with Crippen LogP contribution in [0.4, 0.5) is 11.5 Å². The molecular formula is C20H21N3O3S. The lowest BCUT2D eigenvalue weighted by Gasteiger charge is -2.15. The van der Waals surface area contributed by atoms with E-state index in [9.17, 15) is 8.42 Å². The number of rotatable bonds is 7. The van der Waals surface area contributed by atoms with Gasteiger partial charge in [0.25, 0.3) is 10.0 Å². The van der Waals surface area contributed by atoms with Crippen LogP contribution in [0, 0.1) is 0 Å².